The second kappa shape index (κ2) is 7.63. The predicted molar refractivity (Wildman–Crippen MR) is 93.3 cm³/mol. The number of halogens is 2. The lowest BCUT2D eigenvalue weighted by Gasteiger charge is -2.10. The average Bonchev–Trinajstić information content (AvgIpc) is 3.03. The molecule has 1 aliphatic heterocycles. The van der Waals surface area contributed by atoms with Gasteiger partial charge in [0.2, 0.25) is 0 Å². The van der Waals surface area contributed by atoms with Gasteiger partial charge in [-0.1, -0.05) is 23.7 Å². The first-order chi connectivity index (χ1) is 10.2. The van der Waals surface area contributed by atoms with Gasteiger partial charge in [0.15, 0.2) is 0 Å². The zero-order valence-electron chi connectivity index (χ0n) is 12.0. The summed E-state index contributed by atoms with van der Waals surface area (Å²) in [6.45, 7) is 2.12. The van der Waals surface area contributed by atoms with Crippen LogP contribution in [0, 0.1) is 0 Å². The summed E-state index contributed by atoms with van der Waals surface area (Å²) < 4.78 is 0. The van der Waals surface area contributed by atoms with Crippen molar-refractivity contribution in [3.05, 3.63) is 64.7 Å². The topological polar surface area (TPSA) is 41.1 Å². The maximum absolute atomic E-state index is 12.1. The van der Waals surface area contributed by atoms with E-state index in [1.165, 1.54) is 12.0 Å². The van der Waals surface area contributed by atoms with Crippen LogP contribution in [0.25, 0.3) is 0 Å². The van der Waals surface area contributed by atoms with Gasteiger partial charge in [-0.15, -0.1) is 12.4 Å². The third kappa shape index (κ3) is 4.01. The molecule has 0 aliphatic carbocycles. The molecule has 0 bridgehead atoms. The summed E-state index contributed by atoms with van der Waals surface area (Å²) in [6, 6.07) is 15.0. The minimum atomic E-state index is -0.123. The molecule has 1 heterocycles. The minimum Gasteiger partial charge on any atom is -0.322 e. The Morgan fingerprint density at radius 1 is 1.09 bits per heavy atom. The first kappa shape index (κ1) is 16.8. The number of amides is 1. The van der Waals surface area contributed by atoms with Crippen molar-refractivity contribution in [2.75, 3.05) is 18.4 Å². The smallest absolute Gasteiger partial charge is 0.255 e. The molecule has 3 nitrogen and oxygen atoms in total. The Morgan fingerprint density at radius 3 is 2.36 bits per heavy atom. The monoisotopic (exact) mass is 336 g/mol. The Morgan fingerprint density at radius 2 is 1.77 bits per heavy atom. The zero-order chi connectivity index (χ0) is 14.7. The van der Waals surface area contributed by atoms with Crippen molar-refractivity contribution in [3.63, 3.8) is 0 Å². The third-order valence-electron chi connectivity index (χ3n) is 3.81. The fraction of sp³-hybridized carbons (Fsp3) is 0.235. The minimum absolute atomic E-state index is 0. The summed E-state index contributed by atoms with van der Waals surface area (Å²) in [5.74, 6) is 0.466. The molecule has 1 fully saturated rings. The maximum atomic E-state index is 12.1. The van der Waals surface area contributed by atoms with Crippen LogP contribution in [0.4, 0.5) is 5.69 Å². The van der Waals surface area contributed by atoms with E-state index in [0.29, 0.717) is 16.5 Å². The van der Waals surface area contributed by atoms with E-state index >= 15 is 0 Å². The first-order valence-corrected chi connectivity index (χ1v) is 7.48. The fourth-order valence-corrected chi connectivity index (χ4v) is 2.71. The third-order valence-corrected chi connectivity index (χ3v) is 4.06. The van der Waals surface area contributed by atoms with Crippen LogP contribution in [0.1, 0.15) is 28.3 Å². The van der Waals surface area contributed by atoms with Crippen molar-refractivity contribution >= 4 is 35.6 Å². The number of carbonyl (C=O) groups excluding carboxylic acids is 1. The Balaban J connectivity index is 0.00000176. The molecule has 0 spiro atoms. The molecule has 2 N–H and O–H groups in total. The highest BCUT2D eigenvalue weighted by Crippen LogP contribution is 2.23. The van der Waals surface area contributed by atoms with E-state index in [2.05, 4.69) is 22.8 Å². The molecule has 1 atom stereocenters. The average molecular weight is 337 g/mol. The molecule has 0 saturated carbocycles. The SMILES string of the molecule is Cl.O=C(Nc1ccc(C2CCNC2)cc1)c1ccc(Cl)cc1. The van der Waals surface area contributed by atoms with E-state index in [1.54, 1.807) is 24.3 Å². The Labute approximate surface area is 141 Å². The zero-order valence-corrected chi connectivity index (χ0v) is 13.6. The van der Waals surface area contributed by atoms with Gasteiger partial charge < -0.3 is 10.6 Å². The lowest BCUT2D eigenvalue weighted by molar-refractivity contribution is 0.102. The van der Waals surface area contributed by atoms with Crippen molar-refractivity contribution in [3.8, 4) is 0 Å². The van der Waals surface area contributed by atoms with Crippen LogP contribution in [0.15, 0.2) is 48.5 Å². The molecule has 2 aromatic carbocycles. The van der Waals surface area contributed by atoms with Gasteiger partial charge in [0.1, 0.15) is 0 Å². The van der Waals surface area contributed by atoms with E-state index in [0.717, 1.165) is 18.8 Å². The van der Waals surface area contributed by atoms with Gasteiger partial charge in [-0.25, -0.2) is 0 Å². The van der Waals surface area contributed by atoms with Crippen LogP contribution in [0.5, 0.6) is 0 Å². The van der Waals surface area contributed by atoms with Gasteiger partial charge in [-0.3, -0.25) is 4.79 Å². The summed E-state index contributed by atoms with van der Waals surface area (Å²) in [5, 5.41) is 6.89. The van der Waals surface area contributed by atoms with Gasteiger partial charge in [0.05, 0.1) is 0 Å². The highest BCUT2D eigenvalue weighted by molar-refractivity contribution is 6.30. The normalized spacial score (nSPS) is 16.9. The summed E-state index contributed by atoms with van der Waals surface area (Å²) in [5.41, 5.74) is 2.73. The number of nitrogens with one attached hydrogen (secondary N) is 2. The molecule has 22 heavy (non-hydrogen) atoms. The molecule has 1 amide bonds. The number of rotatable bonds is 3. The van der Waals surface area contributed by atoms with Crippen LogP contribution in [-0.2, 0) is 0 Å². The van der Waals surface area contributed by atoms with E-state index in [4.69, 9.17) is 11.6 Å². The van der Waals surface area contributed by atoms with Crippen molar-refractivity contribution in [1.82, 2.24) is 5.32 Å². The highest BCUT2D eigenvalue weighted by Gasteiger charge is 2.16. The van der Waals surface area contributed by atoms with E-state index in [1.807, 2.05) is 12.1 Å². The van der Waals surface area contributed by atoms with E-state index in [-0.39, 0.29) is 18.3 Å². The molecule has 1 unspecified atom stereocenters. The van der Waals surface area contributed by atoms with Gasteiger partial charge >= 0.3 is 0 Å². The molecule has 5 heteroatoms. The van der Waals surface area contributed by atoms with Crippen molar-refractivity contribution in [2.45, 2.75) is 12.3 Å². The summed E-state index contributed by atoms with van der Waals surface area (Å²) in [6.07, 6.45) is 1.18. The van der Waals surface area contributed by atoms with Crippen LogP contribution in [0.3, 0.4) is 0 Å². The first-order valence-electron chi connectivity index (χ1n) is 7.10. The molecular weight excluding hydrogens is 319 g/mol. The number of carbonyl (C=O) groups is 1. The van der Waals surface area contributed by atoms with Crippen LogP contribution < -0.4 is 10.6 Å². The van der Waals surface area contributed by atoms with Crippen LogP contribution >= 0.6 is 24.0 Å². The van der Waals surface area contributed by atoms with Gasteiger partial charge in [-0.05, 0) is 60.8 Å². The van der Waals surface area contributed by atoms with Crippen molar-refractivity contribution in [2.24, 2.45) is 0 Å². The molecule has 0 aromatic heterocycles. The van der Waals surface area contributed by atoms with Gasteiger partial charge in [-0.2, -0.15) is 0 Å². The van der Waals surface area contributed by atoms with Crippen LogP contribution in [-0.4, -0.2) is 19.0 Å². The quantitative estimate of drug-likeness (QED) is 0.886. The standard InChI is InChI=1S/C17H17ClN2O.ClH/c18-15-5-1-13(2-6-15)17(21)20-16-7-3-12(4-8-16)14-9-10-19-11-14;/h1-8,14,19H,9-11H2,(H,20,21);1H. The summed E-state index contributed by atoms with van der Waals surface area (Å²) >= 11 is 5.82. The fourth-order valence-electron chi connectivity index (χ4n) is 2.58. The van der Waals surface area contributed by atoms with Gasteiger partial charge in [0.25, 0.3) is 5.91 Å². The molecule has 0 radical (unpaired) electrons. The van der Waals surface area contributed by atoms with Crippen molar-refractivity contribution in [1.29, 1.82) is 0 Å². The number of anilines is 1. The molecule has 1 saturated heterocycles. The lowest BCUT2D eigenvalue weighted by atomic mass is 9.98. The molecule has 116 valence electrons. The van der Waals surface area contributed by atoms with Crippen LogP contribution in [0.2, 0.25) is 5.02 Å². The molecule has 3 rings (SSSR count). The molecule has 1 aliphatic rings. The summed E-state index contributed by atoms with van der Waals surface area (Å²) in [4.78, 5) is 12.1. The van der Waals surface area contributed by atoms with Gasteiger partial charge in [0, 0.05) is 22.8 Å². The second-order valence-electron chi connectivity index (χ2n) is 5.27. The maximum Gasteiger partial charge on any atom is 0.255 e. The molecule has 2 aromatic rings. The predicted octanol–water partition coefficient (Wildman–Crippen LogP) is 4.09. The second-order valence-corrected chi connectivity index (χ2v) is 5.71. The summed E-state index contributed by atoms with van der Waals surface area (Å²) in [7, 11) is 0. The molecular formula is C17H18Cl2N2O. The van der Waals surface area contributed by atoms with E-state index in [9.17, 15) is 4.79 Å². The number of hydrogen-bond acceptors (Lipinski definition) is 2. The van der Waals surface area contributed by atoms with E-state index < -0.39 is 0 Å². The number of hydrogen-bond donors (Lipinski definition) is 2. The highest BCUT2D eigenvalue weighted by atomic mass is 35.5. The Bertz CT molecular complexity index is 620. The number of benzene rings is 2. The lowest BCUT2D eigenvalue weighted by Crippen LogP contribution is -2.12. The Hall–Kier alpha value is -1.55. The Kier molecular flexibility index (Phi) is 5.83. The largest absolute Gasteiger partial charge is 0.322 e. The van der Waals surface area contributed by atoms with Crippen molar-refractivity contribution < 1.29 is 4.79 Å².